The van der Waals surface area contributed by atoms with Crippen LogP contribution in [0.25, 0.3) is 0 Å². The number of pyridine rings is 1. The fourth-order valence-electron chi connectivity index (χ4n) is 3.32. The van der Waals surface area contributed by atoms with Crippen molar-refractivity contribution >= 4 is 11.8 Å². The van der Waals surface area contributed by atoms with Crippen molar-refractivity contribution in [2.45, 2.75) is 25.3 Å². The molecule has 1 aliphatic carbocycles. The molecule has 0 radical (unpaired) electrons. The van der Waals surface area contributed by atoms with E-state index in [0.717, 1.165) is 19.3 Å². The highest BCUT2D eigenvalue weighted by Crippen LogP contribution is 2.31. The van der Waals surface area contributed by atoms with Gasteiger partial charge in [-0.25, -0.2) is 0 Å². The molecule has 1 aliphatic heterocycles. The SMILES string of the molecule is O=C1NCCOCCN(C(=O)c2ccccn2)[C@H]2CCC[C@@H]12. The van der Waals surface area contributed by atoms with Gasteiger partial charge in [-0.3, -0.25) is 14.6 Å². The molecule has 22 heavy (non-hydrogen) atoms. The summed E-state index contributed by atoms with van der Waals surface area (Å²) in [6, 6.07) is 5.24. The number of hydrogen-bond donors (Lipinski definition) is 1. The van der Waals surface area contributed by atoms with E-state index in [4.69, 9.17) is 4.74 Å². The Kier molecular flexibility index (Phi) is 4.68. The minimum Gasteiger partial charge on any atom is -0.378 e. The van der Waals surface area contributed by atoms with Gasteiger partial charge in [0.05, 0.1) is 19.1 Å². The number of nitrogens with one attached hydrogen (secondary N) is 1. The summed E-state index contributed by atoms with van der Waals surface area (Å²) >= 11 is 0. The molecule has 2 aliphatic rings. The predicted octanol–water partition coefficient (Wildman–Crippen LogP) is 0.839. The Bertz CT molecular complexity index is 535. The van der Waals surface area contributed by atoms with Crippen molar-refractivity contribution in [3.05, 3.63) is 30.1 Å². The van der Waals surface area contributed by atoms with Crippen molar-refractivity contribution in [3.63, 3.8) is 0 Å². The summed E-state index contributed by atoms with van der Waals surface area (Å²) in [5.41, 5.74) is 0.422. The second-order valence-electron chi connectivity index (χ2n) is 5.72. The highest BCUT2D eigenvalue weighted by molar-refractivity contribution is 5.93. The maximum Gasteiger partial charge on any atom is 0.272 e. The zero-order valence-corrected chi connectivity index (χ0v) is 12.5. The number of aromatic nitrogens is 1. The van der Waals surface area contributed by atoms with Gasteiger partial charge in [-0.2, -0.15) is 0 Å². The van der Waals surface area contributed by atoms with Crippen LogP contribution in [0.3, 0.4) is 0 Å². The molecule has 2 fully saturated rings. The van der Waals surface area contributed by atoms with Crippen LogP contribution in [0, 0.1) is 5.92 Å². The first-order valence-electron chi connectivity index (χ1n) is 7.85. The Balaban J connectivity index is 1.85. The zero-order valence-electron chi connectivity index (χ0n) is 12.5. The lowest BCUT2D eigenvalue weighted by molar-refractivity contribution is -0.127. The predicted molar refractivity (Wildman–Crippen MR) is 80.2 cm³/mol. The first kappa shape index (κ1) is 15.0. The third kappa shape index (κ3) is 3.11. The topological polar surface area (TPSA) is 71.5 Å². The lowest BCUT2D eigenvalue weighted by Crippen LogP contribution is -2.49. The van der Waals surface area contributed by atoms with E-state index < -0.39 is 0 Å². The average Bonchev–Trinajstić information content (AvgIpc) is 3.03. The van der Waals surface area contributed by atoms with Crippen molar-refractivity contribution in [2.75, 3.05) is 26.3 Å². The molecule has 6 heteroatoms. The molecule has 0 unspecified atom stereocenters. The summed E-state index contributed by atoms with van der Waals surface area (Å²) in [6.45, 7) is 2.01. The van der Waals surface area contributed by atoms with Crippen LogP contribution in [0.4, 0.5) is 0 Å². The van der Waals surface area contributed by atoms with Crippen LogP contribution in [-0.2, 0) is 9.53 Å². The maximum atomic E-state index is 12.8. The normalized spacial score (nSPS) is 26.2. The zero-order chi connectivity index (χ0) is 15.4. The smallest absolute Gasteiger partial charge is 0.272 e. The van der Waals surface area contributed by atoms with Gasteiger partial charge >= 0.3 is 0 Å². The van der Waals surface area contributed by atoms with E-state index >= 15 is 0 Å². The summed E-state index contributed by atoms with van der Waals surface area (Å²) in [6.07, 6.45) is 4.28. The molecular formula is C16H21N3O3. The molecule has 1 aromatic rings. The molecule has 0 aromatic carbocycles. The molecule has 118 valence electrons. The fraction of sp³-hybridized carbons (Fsp3) is 0.562. The lowest BCUT2D eigenvalue weighted by Gasteiger charge is -2.33. The number of fused-ring (bicyclic) bond motifs is 1. The van der Waals surface area contributed by atoms with E-state index in [1.165, 1.54) is 0 Å². The van der Waals surface area contributed by atoms with E-state index in [0.29, 0.717) is 32.0 Å². The van der Waals surface area contributed by atoms with E-state index in [1.54, 1.807) is 29.3 Å². The van der Waals surface area contributed by atoms with Gasteiger partial charge < -0.3 is 15.0 Å². The number of ether oxygens (including phenoxy) is 1. The minimum absolute atomic E-state index is 0.0341. The molecule has 1 saturated heterocycles. The summed E-state index contributed by atoms with van der Waals surface area (Å²) in [4.78, 5) is 31.0. The van der Waals surface area contributed by atoms with E-state index in [-0.39, 0.29) is 23.8 Å². The summed E-state index contributed by atoms with van der Waals surface area (Å²) < 4.78 is 5.49. The highest BCUT2D eigenvalue weighted by atomic mass is 16.5. The minimum atomic E-state index is -0.120. The third-order valence-electron chi connectivity index (χ3n) is 4.38. The second-order valence-corrected chi connectivity index (χ2v) is 5.72. The van der Waals surface area contributed by atoms with Gasteiger partial charge in [0.2, 0.25) is 5.91 Å². The molecule has 0 bridgehead atoms. The summed E-state index contributed by atoms with van der Waals surface area (Å²) in [5.74, 6) is -0.202. The Morgan fingerprint density at radius 1 is 1.32 bits per heavy atom. The molecule has 0 spiro atoms. The van der Waals surface area contributed by atoms with Crippen LogP contribution in [-0.4, -0.2) is 54.0 Å². The molecule has 2 amide bonds. The van der Waals surface area contributed by atoms with Crippen LogP contribution in [0.1, 0.15) is 29.8 Å². The number of rotatable bonds is 1. The molecule has 1 aromatic heterocycles. The van der Waals surface area contributed by atoms with Crippen molar-refractivity contribution < 1.29 is 14.3 Å². The highest BCUT2D eigenvalue weighted by Gasteiger charge is 2.39. The van der Waals surface area contributed by atoms with Crippen LogP contribution in [0.2, 0.25) is 0 Å². The first-order chi connectivity index (χ1) is 10.8. The third-order valence-corrected chi connectivity index (χ3v) is 4.38. The van der Waals surface area contributed by atoms with Gasteiger partial charge in [0, 0.05) is 25.3 Å². The molecule has 2 heterocycles. The van der Waals surface area contributed by atoms with Crippen LogP contribution >= 0.6 is 0 Å². The quantitative estimate of drug-likeness (QED) is 0.834. The van der Waals surface area contributed by atoms with Gasteiger partial charge in [-0.05, 0) is 25.0 Å². The molecular weight excluding hydrogens is 282 g/mol. The average molecular weight is 303 g/mol. The monoisotopic (exact) mass is 303 g/mol. The van der Waals surface area contributed by atoms with Crippen molar-refractivity contribution in [2.24, 2.45) is 5.92 Å². The number of hydrogen-bond acceptors (Lipinski definition) is 4. The van der Waals surface area contributed by atoms with Crippen LogP contribution in [0.5, 0.6) is 0 Å². The van der Waals surface area contributed by atoms with Crippen molar-refractivity contribution in [1.29, 1.82) is 0 Å². The van der Waals surface area contributed by atoms with Gasteiger partial charge in [0.25, 0.3) is 5.91 Å². The largest absolute Gasteiger partial charge is 0.378 e. The molecule has 1 saturated carbocycles. The number of nitrogens with zero attached hydrogens (tertiary/aromatic N) is 2. The van der Waals surface area contributed by atoms with Gasteiger partial charge in [-0.1, -0.05) is 12.5 Å². The summed E-state index contributed by atoms with van der Waals surface area (Å²) in [5, 5.41) is 2.91. The Morgan fingerprint density at radius 3 is 3.05 bits per heavy atom. The van der Waals surface area contributed by atoms with Crippen molar-refractivity contribution in [1.82, 2.24) is 15.2 Å². The van der Waals surface area contributed by atoms with Crippen molar-refractivity contribution in [3.8, 4) is 0 Å². The molecule has 2 atom stereocenters. The van der Waals surface area contributed by atoms with Gasteiger partial charge in [0.15, 0.2) is 0 Å². The first-order valence-corrected chi connectivity index (χ1v) is 7.85. The van der Waals surface area contributed by atoms with E-state index in [2.05, 4.69) is 10.3 Å². The number of amides is 2. The van der Waals surface area contributed by atoms with E-state index in [9.17, 15) is 9.59 Å². The molecule has 6 nitrogen and oxygen atoms in total. The van der Waals surface area contributed by atoms with Crippen LogP contribution in [0.15, 0.2) is 24.4 Å². The molecule has 1 N–H and O–H groups in total. The second kappa shape index (κ2) is 6.87. The van der Waals surface area contributed by atoms with Crippen LogP contribution < -0.4 is 5.32 Å². The lowest BCUT2D eigenvalue weighted by atomic mass is 10.00. The van der Waals surface area contributed by atoms with Gasteiger partial charge in [-0.15, -0.1) is 0 Å². The summed E-state index contributed by atoms with van der Waals surface area (Å²) in [7, 11) is 0. The standard InChI is InChI=1S/C16H21N3O3/c20-15-12-4-3-6-14(12)19(9-11-22-10-8-18-15)16(21)13-5-1-2-7-17-13/h1-2,5,7,12,14H,3-4,6,8-11H2,(H,18,20)/t12-,14+/m1/s1. The van der Waals surface area contributed by atoms with Gasteiger partial charge in [0.1, 0.15) is 5.69 Å². The maximum absolute atomic E-state index is 12.8. The number of carbonyl (C=O) groups excluding carboxylic acids is 2. The molecule has 3 rings (SSSR count). The Labute approximate surface area is 129 Å². The van der Waals surface area contributed by atoms with E-state index in [1.807, 2.05) is 0 Å². The number of carbonyl (C=O) groups is 2. The fourth-order valence-corrected chi connectivity index (χ4v) is 3.32. The Morgan fingerprint density at radius 2 is 2.23 bits per heavy atom. The Hall–Kier alpha value is -1.95.